The summed E-state index contributed by atoms with van der Waals surface area (Å²) < 4.78 is 5.41. The van der Waals surface area contributed by atoms with Crippen LogP contribution in [0.4, 0.5) is 0 Å². The van der Waals surface area contributed by atoms with Crippen molar-refractivity contribution in [3.8, 4) is 0 Å². The van der Waals surface area contributed by atoms with E-state index in [9.17, 15) is 4.79 Å². The van der Waals surface area contributed by atoms with Crippen molar-refractivity contribution in [3.63, 3.8) is 0 Å². The highest BCUT2D eigenvalue weighted by atomic mass is 16.6. The minimum absolute atomic E-state index is 0.00486. The molecule has 0 bridgehead atoms. The van der Waals surface area contributed by atoms with Crippen LogP contribution < -0.4 is 5.32 Å². The van der Waals surface area contributed by atoms with E-state index in [-0.39, 0.29) is 22.9 Å². The number of esters is 1. The second-order valence-corrected chi connectivity index (χ2v) is 5.59. The zero-order valence-electron chi connectivity index (χ0n) is 9.22. The first-order valence-corrected chi connectivity index (χ1v) is 5.37. The van der Waals surface area contributed by atoms with Crippen molar-refractivity contribution in [2.24, 2.45) is 11.3 Å². The summed E-state index contributed by atoms with van der Waals surface area (Å²) >= 11 is 0. The lowest BCUT2D eigenvalue weighted by molar-refractivity contribution is -0.176. The first kappa shape index (κ1) is 9.97. The molecule has 0 aromatic rings. The van der Waals surface area contributed by atoms with Crippen LogP contribution in [0.5, 0.6) is 0 Å². The minimum Gasteiger partial charge on any atom is -0.460 e. The van der Waals surface area contributed by atoms with E-state index in [0.717, 1.165) is 19.5 Å². The van der Waals surface area contributed by atoms with Gasteiger partial charge in [0.05, 0.1) is 5.92 Å². The highest BCUT2D eigenvalue weighted by Gasteiger charge is 2.55. The molecule has 1 spiro atoms. The van der Waals surface area contributed by atoms with Gasteiger partial charge in [-0.2, -0.15) is 0 Å². The maximum absolute atomic E-state index is 11.8. The van der Waals surface area contributed by atoms with E-state index in [2.05, 4.69) is 5.32 Å². The summed E-state index contributed by atoms with van der Waals surface area (Å²) in [6.45, 7) is 7.77. The van der Waals surface area contributed by atoms with Gasteiger partial charge in [0.1, 0.15) is 5.60 Å². The number of carbonyl (C=O) groups excluding carboxylic acids is 1. The number of nitrogens with one attached hydrogen (secondary N) is 1. The summed E-state index contributed by atoms with van der Waals surface area (Å²) in [5.74, 6) is 0.160. The Morgan fingerprint density at radius 3 is 2.36 bits per heavy atom. The van der Waals surface area contributed by atoms with Gasteiger partial charge in [0.15, 0.2) is 0 Å². The Balaban J connectivity index is 1.93. The van der Waals surface area contributed by atoms with Crippen molar-refractivity contribution in [3.05, 3.63) is 0 Å². The lowest BCUT2D eigenvalue weighted by Gasteiger charge is -2.55. The molecule has 0 radical (unpaired) electrons. The SMILES string of the molecule is CC(C)(C)OC(=O)C1CCC12CNC2. The van der Waals surface area contributed by atoms with Crippen molar-refractivity contribution >= 4 is 5.97 Å². The molecule has 1 N–H and O–H groups in total. The smallest absolute Gasteiger partial charge is 0.310 e. The predicted octanol–water partition coefficient (Wildman–Crippen LogP) is 1.33. The molecule has 80 valence electrons. The predicted molar refractivity (Wildman–Crippen MR) is 53.9 cm³/mol. The molecule has 1 unspecified atom stereocenters. The van der Waals surface area contributed by atoms with Crippen LogP contribution in [0.3, 0.4) is 0 Å². The van der Waals surface area contributed by atoms with Crippen molar-refractivity contribution in [2.45, 2.75) is 39.2 Å². The fourth-order valence-electron chi connectivity index (χ4n) is 2.31. The van der Waals surface area contributed by atoms with E-state index < -0.39 is 0 Å². The summed E-state index contributed by atoms with van der Waals surface area (Å²) in [6.07, 6.45) is 2.19. The maximum atomic E-state index is 11.8. The van der Waals surface area contributed by atoms with Gasteiger partial charge >= 0.3 is 5.97 Å². The minimum atomic E-state index is -0.342. The normalized spacial score (nSPS) is 29.2. The van der Waals surface area contributed by atoms with Crippen LogP contribution in [0.25, 0.3) is 0 Å². The molecular weight excluding hydrogens is 178 g/mol. The van der Waals surface area contributed by atoms with Crippen LogP contribution in [0.15, 0.2) is 0 Å². The number of carbonyl (C=O) groups is 1. The Morgan fingerprint density at radius 1 is 1.43 bits per heavy atom. The molecule has 14 heavy (non-hydrogen) atoms. The third-order valence-electron chi connectivity index (χ3n) is 3.32. The second kappa shape index (κ2) is 2.96. The Labute approximate surface area is 85.2 Å². The van der Waals surface area contributed by atoms with E-state index >= 15 is 0 Å². The van der Waals surface area contributed by atoms with Crippen LogP contribution in [-0.4, -0.2) is 24.7 Å². The molecule has 1 aliphatic heterocycles. The first-order chi connectivity index (χ1) is 6.43. The average molecular weight is 197 g/mol. The Bertz CT molecular complexity index is 245. The lowest BCUT2D eigenvalue weighted by atomic mass is 9.56. The first-order valence-electron chi connectivity index (χ1n) is 5.37. The zero-order chi connectivity index (χ0) is 10.4. The van der Waals surface area contributed by atoms with Crippen molar-refractivity contribution in [1.82, 2.24) is 5.32 Å². The highest BCUT2D eigenvalue weighted by molar-refractivity contribution is 5.75. The van der Waals surface area contributed by atoms with Crippen LogP contribution in [0.1, 0.15) is 33.6 Å². The quantitative estimate of drug-likeness (QED) is 0.644. The molecule has 2 aliphatic rings. The van der Waals surface area contributed by atoms with Gasteiger partial charge in [0.25, 0.3) is 0 Å². The molecule has 1 atom stereocenters. The highest BCUT2D eigenvalue weighted by Crippen LogP contribution is 2.50. The second-order valence-electron chi connectivity index (χ2n) is 5.59. The third-order valence-corrected chi connectivity index (χ3v) is 3.32. The van der Waals surface area contributed by atoms with Crippen molar-refractivity contribution in [1.29, 1.82) is 0 Å². The van der Waals surface area contributed by atoms with E-state index in [0.29, 0.717) is 0 Å². The lowest BCUT2D eigenvalue weighted by Crippen LogP contribution is -2.64. The van der Waals surface area contributed by atoms with E-state index in [1.165, 1.54) is 6.42 Å². The Morgan fingerprint density at radius 2 is 2.07 bits per heavy atom. The van der Waals surface area contributed by atoms with Crippen LogP contribution in [-0.2, 0) is 9.53 Å². The standard InChI is InChI=1S/C11H19NO2/c1-10(2,3)14-9(13)8-4-5-11(8)6-12-7-11/h8,12H,4-7H2,1-3H3. The van der Waals surface area contributed by atoms with Gasteiger partial charge in [-0.15, -0.1) is 0 Å². The van der Waals surface area contributed by atoms with Crippen LogP contribution in [0, 0.1) is 11.3 Å². The fourth-order valence-corrected chi connectivity index (χ4v) is 2.31. The van der Waals surface area contributed by atoms with Gasteiger partial charge in [-0.05, 0) is 33.6 Å². The zero-order valence-corrected chi connectivity index (χ0v) is 9.22. The number of rotatable bonds is 1. The maximum Gasteiger partial charge on any atom is 0.310 e. The number of hydrogen-bond donors (Lipinski definition) is 1. The molecule has 0 amide bonds. The third kappa shape index (κ3) is 1.54. The van der Waals surface area contributed by atoms with Gasteiger partial charge in [-0.1, -0.05) is 0 Å². The summed E-state index contributed by atoms with van der Waals surface area (Å²) in [5.41, 5.74) is -0.0760. The van der Waals surface area contributed by atoms with Gasteiger partial charge in [0.2, 0.25) is 0 Å². The molecular formula is C11H19NO2. The van der Waals surface area contributed by atoms with E-state index in [1.54, 1.807) is 0 Å². The van der Waals surface area contributed by atoms with E-state index in [4.69, 9.17) is 4.74 Å². The monoisotopic (exact) mass is 197 g/mol. The van der Waals surface area contributed by atoms with Crippen LogP contribution >= 0.6 is 0 Å². The molecule has 3 nitrogen and oxygen atoms in total. The Kier molecular flexibility index (Phi) is 2.11. The number of ether oxygens (including phenoxy) is 1. The molecule has 1 saturated heterocycles. The molecule has 1 heterocycles. The topological polar surface area (TPSA) is 38.3 Å². The number of hydrogen-bond acceptors (Lipinski definition) is 3. The summed E-state index contributed by atoms with van der Waals surface area (Å²) in [5, 5.41) is 3.24. The molecule has 0 aromatic heterocycles. The molecule has 3 heteroatoms. The summed E-state index contributed by atoms with van der Waals surface area (Å²) in [7, 11) is 0. The molecule has 1 aliphatic carbocycles. The summed E-state index contributed by atoms with van der Waals surface area (Å²) in [4.78, 5) is 11.8. The summed E-state index contributed by atoms with van der Waals surface area (Å²) in [6, 6.07) is 0. The van der Waals surface area contributed by atoms with Crippen molar-refractivity contribution < 1.29 is 9.53 Å². The van der Waals surface area contributed by atoms with Crippen LogP contribution in [0.2, 0.25) is 0 Å². The van der Waals surface area contributed by atoms with Crippen molar-refractivity contribution in [2.75, 3.05) is 13.1 Å². The average Bonchev–Trinajstić information content (AvgIpc) is 1.73. The molecule has 0 aromatic carbocycles. The Hall–Kier alpha value is -0.570. The van der Waals surface area contributed by atoms with E-state index in [1.807, 2.05) is 20.8 Å². The van der Waals surface area contributed by atoms with Gasteiger partial charge in [0, 0.05) is 18.5 Å². The fraction of sp³-hybridized carbons (Fsp3) is 0.909. The van der Waals surface area contributed by atoms with Gasteiger partial charge in [-0.25, -0.2) is 0 Å². The molecule has 1 saturated carbocycles. The van der Waals surface area contributed by atoms with Gasteiger partial charge in [-0.3, -0.25) is 4.79 Å². The molecule has 2 rings (SSSR count). The van der Waals surface area contributed by atoms with Gasteiger partial charge < -0.3 is 10.1 Å². The largest absolute Gasteiger partial charge is 0.460 e. The molecule has 2 fully saturated rings.